The molecule has 2 atom stereocenters. The van der Waals surface area contributed by atoms with Crippen molar-refractivity contribution in [3.63, 3.8) is 0 Å². The first-order valence-corrected chi connectivity index (χ1v) is 10.6. The van der Waals surface area contributed by atoms with Crippen molar-refractivity contribution in [2.45, 2.75) is 16.6 Å². The molecule has 2 aromatic rings. The average Bonchev–Trinajstić information content (AvgIpc) is 2.75. The van der Waals surface area contributed by atoms with E-state index in [0.717, 1.165) is 5.56 Å². The lowest BCUT2D eigenvalue weighted by atomic mass is 9.99. The maximum Gasteiger partial charge on any atom is 0.308 e. The van der Waals surface area contributed by atoms with Crippen LogP contribution >= 0.6 is 31.9 Å². The fraction of sp³-hybridized carbons (Fsp3) is 0.333. The molecule has 7 nitrogen and oxygen atoms in total. The second kappa shape index (κ2) is 10.7. The third-order valence-electron chi connectivity index (χ3n) is 4.24. The summed E-state index contributed by atoms with van der Waals surface area (Å²) < 4.78 is 26.5. The Bertz CT molecular complexity index is 930. The van der Waals surface area contributed by atoms with Gasteiger partial charge in [0, 0.05) is 30.7 Å². The second-order valence-electron chi connectivity index (χ2n) is 6.07. The molecule has 0 spiro atoms. The number of hydrogen-bond donors (Lipinski definition) is 0. The van der Waals surface area contributed by atoms with E-state index >= 15 is 0 Å². The molecule has 0 amide bonds. The fourth-order valence-electron chi connectivity index (χ4n) is 2.80. The van der Waals surface area contributed by atoms with Crippen LogP contribution in [0.25, 0.3) is 0 Å². The minimum absolute atomic E-state index is 0.0505. The average molecular weight is 546 g/mol. The van der Waals surface area contributed by atoms with Crippen molar-refractivity contribution < 1.29 is 33.3 Å². The highest BCUT2D eigenvalue weighted by Gasteiger charge is 2.33. The van der Waals surface area contributed by atoms with Crippen LogP contribution in [0.15, 0.2) is 30.3 Å². The topological polar surface area (TPSA) is 80.3 Å². The number of halogens is 2. The third kappa shape index (κ3) is 5.26. The zero-order chi connectivity index (χ0) is 22.4. The van der Waals surface area contributed by atoms with Crippen LogP contribution in [0, 0.1) is 0 Å². The van der Waals surface area contributed by atoms with E-state index in [1.807, 2.05) is 0 Å². The van der Waals surface area contributed by atoms with Crippen LogP contribution in [-0.2, 0) is 4.79 Å². The Hall–Kier alpha value is -2.26. The summed E-state index contributed by atoms with van der Waals surface area (Å²) in [6.45, 7) is 1.25. The molecule has 2 unspecified atom stereocenters. The minimum Gasteiger partial charge on any atom is -0.497 e. The molecular weight excluding hydrogens is 524 g/mol. The Morgan fingerprint density at radius 3 is 1.90 bits per heavy atom. The number of benzene rings is 2. The summed E-state index contributed by atoms with van der Waals surface area (Å²) in [5.41, 5.74) is 0.849. The summed E-state index contributed by atoms with van der Waals surface area (Å²) in [5.74, 6) is 0.911. The summed E-state index contributed by atoms with van der Waals surface area (Å²) >= 11 is 7.05. The van der Waals surface area contributed by atoms with Gasteiger partial charge in [-0.05, 0) is 6.07 Å². The van der Waals surface area contributed by atoms with E-state index in [1.54, 1.807) is 31.4 Å². The van der Waals surface area contributed by atoms with E-state index in [2.05, 4.69) is 31.9 Å². The van der Waals surface area contributed by atoms with Gasteiger partial charge in [0.15, 0.2) is 5.78 Å². The van der Waals surface area contributed by atoms with Crippen molar-refractivity contribution in [3.05, 3.63) is 41.5 Å². The molecule has 2 rings (SSSR count). The van der Waals surface area contributed by atoms with Gasteiger partial charge in [0.05, 0.1) is 38.1 Å². The molecule has 0 N–H and O–H groups in total. The molecular formula is C21H22Br2O7. The van der Waals surface area contributed by atoms with Crippen LogP contribution in [-0.4, -0.2) is 45.0 Å². The zero-order valence-electron chi connectivity index (χ0n) is 17.2. The van der Waals surface area contributed by atoms with Crippen LogP contribution in [0.1, 0.15) is 27.7 Å². The Labute approximate surface area is 191 Å². The molecule has 0 aliphatic carbocycles. The monoisotopic (exact) mass is 544 g/mol. The summed E-state index contributed by atoms with van der Waals surface area (Å²) in [5, 5.41) is 0. The number of ether oxygens (including phenoxy) is 5. The normalized spacial score (nSPS) is 12.5. The van der Waals surface area contributed by atoms with Gasteiger partial charge in [0.2, 0.25) is 0 Å². The van der Waals surface area contributed by atoms with E-state index in [0.29, 0.717) is 17.2 Å². The van der Waals surface area contributed by atoms with Crippen molar-refractivity contribution in [1.82, 2.24) is 0 Å². The Kier molecular flexibility index (Phi) is 8.54. The molecule has 0 aliphatic rings. The molecule has 0 saturated carbocycles. The first kappa shape index (κ1) is 24.0. The number of carbonyl (C=O) groups excluding carboxylic acids is 2. The molecule has 0 aromatic heterocycles. The second-order valence-corrected chi connectivity index (χ2v) is 8.05. The number of Topliss-reactive ketones (excluding diaryl/α,β-unsaturated/α-hetero) is 1. The molecule has 0 radical (unpaired) electrons. The van der Waals surface area contributed by atoms with Gasteiger partial charge in [-0.25, -0.2) is 0 Å². The lowest BCUT2D eigenvalue weighted by Crippen LogP contribution is -2.22. The Balaban J connectivity index is 2.50. The predicted octanol–water partition coefficient (Wildman–Crippen LogP) is 4.73. The SMILES string of the molecule is COc1ccc(C(Br)C(Br)C(=O)c2c(OC)cc(OC)cc2OC(C)=O)c(OC)c1. The maximum absolute atomic E-state index is 13.4. The van der Waals surface area contributed by atoms with Gasteiger partial charge in [-0.2, -0.15) is 0 Å². The largest absolute Gasteiger partial charge is 0.497 e. The van der Waals surface area contributed by atoms with Gasteiger partial charge >= 0.3 is 5.97 Å². The molecule has 162 valence electrons. The first-order chi connectivity index (χ1) is 14.3. The Morgan fingerprint density at radius 2 is 1.37 bits per heavy atom. The number of methoxy groups -OCH3 is 4. The van der Waals surface area contributed by atoms with E-state index < -0.39 is 15.6 Å². The Morgan fingerprint density at radius 1 is 0.800 bits per heavy atom. The van der Waals surface area contributed by atoms with E-state index in [9.17, 15) is 9.59 Å². The van der Waals surface area contributed by atoms with Crippen LogP contribution in [0.4, 0.5) is 0 Å². The van der Waals surface area contributed by atoms with Gasteiger partial charge in [-0.15, -0.1) is 0 Å². The number of esters is 1. The number of ketones is 1. The van der Waals surface area contributed by atoms with Gasteiger partial charge in [0.1, 0.15) is 34.3 Å². The van der Waals surface area contributed by atoms with Gasteiger partial charge in [-0.3, -0.25) is 9.59 Å². The summed E-state index contributed by atoms with van der Waals surface area (Å²) in [6, 6.07) is 8.32. The maximum atomic E-state index is 13.4. The molecule has 30 heavy (non-hydrogen) atoms. The number of rotatable bonds is 9. The molecule has 0 heterocycles. The van der Waals surface area contributed by atoms with Crippen molar-refractivity contribution in [1.29, 1.82) is 0 Å². The standard InChI is InChI=1S/C21H22Br2O7/c1-11(24)30-17-10-13(27-3)9-16(29-5)18(17)21(25)20(23)19(22)14-7-6-12(26-2)8-15(14)28-4/h6-10,19-20H,1-5H3. The van der Waals surface area contributed by atoms with Gasteiger partial charge in [0.25, 0.3) is 0 Å². The van der Waals surface area contributed by atoms with Crippen LogP contribution in [0.2, 0.25) is 0 Å². The number of hydrogen-bond acceptors (Lipinski definition) is 7. The first-order valence-electron chi connectivity index (χ1n) is 8.76. The molecule has 0 saturated heterocycles. The van der Waals surface area contributed by atoms with Crippen molar-refractivity contribution in [2.75, 3.05) is 28.4 Å². The van der Waals surface area contributed by atoms with Crippen molar-refractivity contribution in [3.8, 4) is 28.7 Å². The molecule has 0 aliphatic heterocycles. The quantitative estimate of drug-likeness (QED) is 0.195. The minimum atomic E-state index is -0.739. The highest BCUT2D eigenvalue weighted by Crippen LogP contribution is 2.43. The predicted molar refractivity (Wildman–Crippen MR) is 119 cm³/mol. The van der Waals surface area contributed by atoms with E-state index in [1.165, 1.54) is 34.3 Å². The summed E-state index contributed by atoms with van der Waals surface area (Å²) in [7, 11) is 5.98. The molecule has 9 heteroatoms. The molecule has 0 fully saturated rings. The summed E-state index contributed by atoms with van der Waals surface area (Å²) in [6.07, 6.45) is 0. The smallest absolute Gasteiger partial charge is 0.308 e. The van der Waals surface area contributed by atoms with Gasteiger partial charge in [-0.1, -0.05) is 37.9 Å². The molecule has 0 bridgehead atoms. The lowest BCUT2D eigenvalue weighted by Gasteiger charge is -2.21. The highest BCUT2D eigenvalue weighted by molar-refractivity contribution is 9.12. The van der Waals surface area contributed by atoms with Gasteiger partial charge < -0.3 is 23.7 Å². The van der Waals surface area contributed by atoms with Crippen LogP contribution in [0.3, 0.4) is 0 Å². The number of alkyl halides is 2. The fourth-order valence-corrected chi connectivity index (χ4v) is 3.93. The highest BCUT2D eigenvalue weighted by atomic mass is 79.9. The van der Waals surface area contributed by atoms with Crippen LogP contribution < -0.4 is 23.7 Å². The van der Waals surface area contributed by atoms with E-state index in [-0.39, 0.29) is 22.8 Å². The number of carbonyl (C=O) groups is 2. The van der Waals surface area contributed by atoms with E-state index in [4.69, 9.17) is 23.7 Å². The lowest BCUT2D eigenvalue weighted by molar-refractivity contribution is -0.131. The zero-order valence-corrected chi connectivity index (χ0v) is 20.3. The summed E-state index contributed by atoms with van der Waals surface area (Å²) in [4.78, 5) is 23.8. The van der Waals surface area contributed by atoms with Crippen molar-refractivity contribution >= 4 is 43.6 Å². The third-order valence-corrected chi connectivity index (χ3v) is 6.92. The van der Waals surface area contributed by atoms with Crippen molar-refractivity contribution in [2.24, 2.45) is 0 Å². The van der Waals surface area contributed by atoms with Crippen LogP contribution in [0.5, 0.6) is 28.7 Å². The molecule has 2 aromatic carbocycles.